The summed E-state index contributed by atoms with van der Waals surface area (Å²) in [6.07, 6.45) is 0.362. The van der Waals surface area contributed by atoms with E-state index in [1.54, 1.807) is 13.0 Å². The fourth-order valence-corrected chi connectivity index (χ4v) is 5.74. The summed E-state index contributed by atoms with van der Waals surface area (Å²) in [4.78, 5) is 43.4. The molecule has 11 nitrogen and oxygen atoms in total. The van der Waals surface area contributed by atoms with E-state index in [-0.39, 0.29) is 72.4 Å². The van der Waals surface area contributed by atoms with Crippen LogP contribution in [0.4, 0.5) is 4.39 Å². The maximum atomic E-state index is 15.8. The molecule has 3 N–H and O–H groups in total. The molecule has 202 valence electrons. The van der Waals surface area contributed by atoms with E-state index < -0.39 is 35.0 Å². The van der Waals surface area contributed by atoms with E-state index in [9.17, 15) is 24.6 Å². The third-order valence-electron chi connectivity index (χ3n) is 8.15. The van der Waals surface area contributed by atoms with Crippen LogP contribution in [0.15, 0.2) is 16.9 Å². The average Bonchev–Trinajstić information content (AvgIpc) is 3.56. The molecule has 1 aromatic carbocycles. The van der Waals surface area contributed by atoms with Gasteiger partial charge in [0.15, 0.2) is 17.2 Å². The van der Waals surface area contributed by atoms with Crippen molar-refractivity contribution in [1.82, 2.24) is 14.9 Å². The quantitative estimate of drug-likeness (QED) is 0.321. The van der Waals surface area contributed by atoms with Gasteiger partial charge < -0.3 is 34.3 Å². The molecule has 0 spiro atoms. The minimum absolute atomic E-state index is 0.00494. The Bertz CT molecular complexity index is 1680. The van der Waals surface area contributed by atoms with E-state index in [0.717, 1.165) is 12.8 Å². The van der Waals surface area contributed by atoms with Crippen LogP contribution < -0.4 is 20.3 Å². The Hall–Kier alpha value is -4.03. The zero-order chi connectivity index (χ0) is 27.2. The summed E-state index contributed by atoms with van der Waals surface area (Å²) in [5.41, 5.74) is -0.346. The topological polar surface area (TPSA) is 149 Å². The molecule has 1 fully saturated rings. The molecule has 1 unspecified atom stereocenters. The number of carbonyl (C=O) groups excluding carboxylic acids is 2. The van der Waals surface area contributed by atoms with E-state index in [0.29, 0.717) is 22.5 Å². The van der Waals surface area contributed by atoms with Crippen molar-refractivity contribution in [2.75, 3.05) is 6.79 Å². The fraction of sp³-hybridized carbons (Fsp3) is 0.407. The number of amides is 1. The molecule has 4 aliphatic rings. The van der Waals surface area contributed by atoms with Gasteiger partial charge in [-0.2, -0.15) is 0 Å². The summed E-state index contributed by atoms with van der Waals surface area (Å²) in [5.74, 6) is -2.09. The number of pyridine rings is 2. The lowest BCUT2D eigenvalue weighted by molar-refractivity contribution is -0.172. The second-order valence-electron chi connectivity index (χ2n) is 10.3. The number of aromatic nitrogens is 2. The normalized spacial score (nSPS) is 21.3. The van der Waals surface area contributed by atoms with Gasteiger partial charge in [0.1, 0.15) is 12.7 Å². The number of aliphatic hydroxyl groups excluding tert-OH is 1. The number of ether oxygens (including phenoxy) is 3. The highest BCUT2D eigenvalue weighted by molar-refractivity contribution is 5.92. The Morgan fingerprint density at radius 1 is 1.26 bits per heavy atom. The number of esters is 1. The predicted molar refractivity (Wildman–Crippen MR) is 131 cm³/mol. The standard InChI is InChI=1S/C27H24FN3O8/c1-2-27(36)15-5-17-21-13(8-31(17)25(34)14(15)9-37-26(27)35)12(7-29-24(33)22(32)11-3-4-11)19-16(30-21)6-18-23(20(19)28)39-10-38-18/h5-6,11,22,32,36H,2-4,7-10H2,1H3,(H,29,33)/t22?,27-/m0/s1. The maximum absolute atomic E-state index is 15.8. The molecular weight excluding hydrogens is 513 g/mol. The Balaban J connectivity index is 1.43. The number of fused-ring (bicyclic) bond motifs is 6. The van der Waals surface area contributed by atoms with Crippen molar-refractivity contribution >= 4 is 22.8 Å². The molecule has 0 radical (unpaired) electrons. The molecule has 12 heteroatoms. The highest BCUT2D eigenvalue weighted by Crippen LogP contribution is 2.45. The minimum Gasteiger partial charge on any atom is -0.458 e. The molecule has 0 bridgehead atoms. The first-order chi connectivity index (χ1) is 18.7. The van der Waals surface area contributed by atoms with Gasteiger partial charge in [-0.05, 0) is 36.8 Å². The van der Waals surface area contributed by atoms with Crippen LogP contribution in [0.3, 0.4) is 0 Å². The van der Waals surface area contributed by atoms with E-state index in [2.05, 4.69) is 10.3 Å². The second kappa shape index (κ2) is 8.23. The van der Waals surface area contributed by atoms with Crippen LogP contribution in [0, 0.1) is 11.7 Å². The molecule has 3 aromatic rings. The van der Waals surface area contributed by atoms with Crippen molar-refractivity contribution in [1.29, 1.82) is 0 Å². The maximum Gasteiger partial charge on any atom is 0.343 e. The van der Waals surface area contributed by atoms with Crippen LogP contribution in [0.1, 0.15) is 48.4 Å². The van der Waals surface area contributed by atoms with Gasteiger partial charge in [0.2, 0.25) is 18.4 Å². The molecule has 1 amide bonds. The number of rotatable bonds is 5. The Morgan fingerprint density at radius 3 is 2.79 bits per heavy atom. The van der Waals surface area contributed by atoms with E-state index in [4.69, 9.17) is 14.2 Å². The van der Waals surface area contributed by atoms with Gasteiger partial charge in [-0.3, -0.25) is 9.59 Å². The van der Waals surface area contributed by atoms with Gasteiger partial charge in [-0.15, -0.1) is 0 Å². The van der Waals surface area contributed by atoms with Crippen LogP contribution in [0.5, 0.6) is 11.5 Å². The third-order valence-corrected chi connectivity index (χ3v) is 8.15. The molecule has 2 aromatic heterocycles. The zero-order valence-electron chi connectivity index (χ0n) is 20.9. The fourth-order valence-electron chi connectivity index (χ4n) is 5.74. The van der Waals surface area contributed by atoms with Crippen LogP contribution in [0.2, 0.25) is 0 Å². The number of hydrogen-bond acceptors (Lipinski definition) is 9. The molecule has 7 rings (SSSR count). The lowest BCUT2D eigenvalue weighted by Gasteiger charge is -2.31. The van der Waals surface area contributed by atoms with Gasteiger partial charge in [0, 0.05) is 29.1 Å². The van der Waals surface area contributed by atoms with Crippen molar-refractivity contribution < 1.29 is 38.4 Å². The molecule has 1 saturated carbocycles. The van der Waals surface area contributed by atoms with Crippen LogP contribution >= 0.6 is 0 Å². The number of hydrogen-bond donors (Lipinski definition) is 3. The number of nitrogens with zero attached hydrogens (tertiary/aromatic N) is 2. The summed E-state index contributed by atoms with van der Waals surface area (Å²) >= 11 is 0. The van der Waals surface area contributed by atoms with Crippen molar-refractivity contribution in [2.24, 2.45) is 5.92 Å². The number of carbonyl (C=O) groups is 2. The number of benzene rings is 1. The average molecular weight is 538 g/mol. The van der Waals surface area contributed by atoms with Crippen molar-refractivity contribution in [3.63, 3.8) is 0 Å². The van der Waals surface area contributed by atoms with Crippen molar-refractivity contribution in [3.8, 4) is 22.9 Å². The van der Waals surface area contributed by atoms with Crippen LogP contribution in [-0.2, 0) is 39.6 Å². The smallest absolute Gasteiger partial charge is 0.343 e. The largest absolute Gasteiger partial charge is 0.458 e. The first-order valence-corrected chi connectivity index (χ1v) is 12.8. The monoisotopic (exact) mass is 537 g/mol. The number of nitrogens with one attached hydrogen (secondary N) is 1. The highest BCUT2D eigenvalue weighted by atomic mass is 19.1. The van der Waals surface area contributed by atoms with Crippen LogP contribution in [0.25, 0.3) is 22.3 Å². The second-order valence-corrected chi connectivity index (χ2v) is 10.3. The Labute approximate surface area is 220 Å². The van der Waals surface area contributed by atoms with E-state index in [1.165, 1.54) is 10.6 Å². The molecule has 1 aliphatic carbocycles. The number of aliphatic hydroxyl groups is 2. The molecule has 5 heterocycles. The first-order valence-electron chi connectivity index (χ1n) is 12.8. The summed E-state index contributed by atoms with van der Waals surface area (Å²) in [6, 6.07) is 3.10. The summed E-state index contributed by atoms with van der Waals surface area (Å²) in [6.45, 7) is 1.06. The number of halogens is 1. The summed E-state index contributed by atoms with van der Waals surface area (Å²) in [5, 5.41) is 24.2. The van der Waals surface area contributed by atoms with Gasteiger partial charge in [-0.25, -0.2) is 14.2 Å². The zero-order valence-corrected chi connectivity index (χ0v) is 20.9. The summed E-state index contributed by atoms with van der Waals surface area (Å²) in [7, 11) is 0. The van der Waals surface area contributed by atoms with Gasteiger partial charge in [0.25, 0.3) is 5.56 Å². The third kappa shape index (κ3) is 3.34. The van der Waals surface area contributed by atoms with E-state index in [1.807, 2.05) is 0 Å². The number of cyclic esters (lactones) is 1. The Morgan fingerprint density at radius 2 is 2.05 bits per heavy atom. The summed E-state index contributed by atoms with van der Waals surface area (Å²) < 4.78 is 33.1. The minimum atomic E-state index is -1.99. The van der Waals surface area contributed by atoms with Crippen molar-refractivity contribution in [3.05, 3.63) is 50.6 Å². The van der Waals surface area contributed by atoms with Gasteiger partial charge in [-0.1, -0.05) is 6.92 Å². The molecule has 2 atom stereocenters. The van der Waals surface area contributed by atoms with Gasteiger partial charge in [0.05, 0.1) is 29.0 Å². The Kier molecular flexibility index (Phi) is 5.08. The first kappa shape index (κ1) is 24.0. The lowest BCUT2D eigenvalue weighted by atomic mass is 9.86. The molecule has 3 aliphatic heterocycles. The molecule has 39 heavy (non-hydrogen) atoms. The molecular formula is C27H24FN3O8. The lowest BCUT2D eigenvalue weighted by Crippen LogP contribution is -2.44. The molecule has 0 saturated heterocycles. The van der Waals surface area contributed by atoms with Gasteiger partial charge >= 0.3 is 5.97 Å². The van der Waals surface area contributed by atoms with E-state index >= 15 is 4.39 Å². The SMILES string of the molecule is CC[C@@]1(O)C(=O)OCc2c1cc1n(c2=O)Cc2c-1nc1cc3c(c(F)c1c2CNC(=O)C(O)C1CC1)OCO3. The van der Waals surface area contributed by atoms with Crippen LogP contribution in [-0.4, -0.2) is 44.5 Å². The predicted octanol–water partition coefficient (Wildman–Crippen LogP) is 1.33. The van der Waals surface area contributed by atoms with Crippen molar-refractivity contribution in [2.45, 2.75) is 57.6 Å². The highest BCUT2D eigenvalue weighted by Gasteiger charge is 2.45.